The Morgan fingerprint density at radius 3 is 2.31 bits per heavy atom. The van der Waals surface area contributed by atoms with Crippen LogP contribution < -0.4 is 19.1 Å². The molecule has 3 aromatic rings. The number of benzene rings is 3. The van der Waals surface area contributed by atoms with Gasteiger partial charge in [0.2, 0.25) is 5.91 Å². The highest BCUT2D eigenvalue weighted by Gasteiger charge is 2.38. The standard InChI is InChI=1S/C29H30F3N3O8S2/c1-18-8-5-6-11-25(18)44(38,39)34-26(36)16-21-17-35(45(40,41)22-10-7-9-19(14-22)29(30,31)32)23-15-20(12-13-24(23)42-21)33-27(37)43-28(2,3)4/h5-15,21H,16-17H2,1-4H3,(H,33,37)(H,34,36)/t21-/m0/s1. The monoisotopic (exact) mass is 669 g/mol. The minimum absolute atomic E-state index is 0.0800. The summed E-state index contributed by atoms with van der Waals surface area (Å²) >= 11 is 0. The summed E-state index contributed by atoms with van der Waals surface area (Å²) in [5.74, 6) is -1.10. The van der Waals surface area contributed by atoms with Crippen molar-refractivity contribution in [3.8, 4) is 5.75 Å². The van der Waals surface area contributed by atoms with Gasteiger partial charge in [-0.2, -0.15) is 13.2 Å². The summed E-state index contributed by atoms with van der Waals surface area (Å²) in [5.41, 5.74) is -1.73. The van der Waals surface area contributed by atoms with Crippen molar-refractivity contribution >= 4 is 43.4 Å². The Labute approximate surface area is 258 Å². The number of sulfonamides is 2. The van der Waals surface area contributed by atoms with Crippen LogP contribution in [-0.2, 0) is 35.8 Å². The molecule has 1 atom stereocenters. The predicted molar refractivity (Wildman–Crippen MR) is 158 cm³/mol. The molecule has 11 nitrogen and oxygen atoms in total. The Balaban J connectivity index is 1.68. The van der Waals surface area contributed by atoms with Gasteiger partial charge >= 0.3 is 12.3 Å². The topological polar surface area (TPSA) is 148 Å². The van der Waals surface area contributed by atoms with E-state index in [9.17, 15) is 39.6 Å². The Hall–Kier alpha value is -4.31. The molecule has 0 aliphatic carbocycles. The number of carbonyl (C=O) groups excluding carboxylic acids is 2. The predicted octanol–water partition coefficient (Wildman–Crippen LogP) is 5.21. The number of aryl methyl sites for hydroxylation is 1. The van der Waals surface area contributed by atoms with Crippen molar-refractivity contribution in [2.45, 2.75) is 61.8 Å². The molecule has 0 fully saturated rings. The van der Waals surface area contributed by atoms with E-state index < -0.39 is 73.4 Å². The molecule has 16 heteroatoms. The van der Waals surface area contributed by atoms with Crippen LogP contribution in [0.1, 0.15) is 38.3 Å². The maximum atomic E-state index is 13.8. The molecule has 1 aliphatic rings. The van der Waals surface area contributed by atoms with Crippen LogP contribution in [0, 0.1) is 6.92 Å². The lowest BCUT2D eigenvalue weighted by Gasteiger charge is -2.35. The van der Waals surface area contributed by atoms with E-state index in [4.69, 9.17) is 9.47 Å². The molecule has 0 radical (unpaired) electrons. The molecule has 0 unspecified atom stereocenters. The van der Waals surface area contributed by atoms with Crippen molar-refractivity contribution in [3.63, 3.8) is 0 Å². The van der Waals surface area contributed by atoms with E-state index in [1.165, 1.54) is 30.3 Å². The van der Waals surface area contributed by atoms with Gasteiger partial charge in [0.25, 0.3) is 20.0 Å². The number of rotatable bonds is 7. The SMILES string of the molecule is Cc1ccccc1S(=O)(=O)NC(=O)C[C@H]1CN(S(=O)(=O)c2cccc(C(F)(F)F)c2)c2cc(NC(=O)OC(C)(C)C)ccc2O1. The Morgan fingerprint density at radius 2 is 1.67 bits per heavy atom. The molecule has 2 N–H and O–H groups in total. The summed E-state index contributed by atoms with van der Waals surface area (Å²) in [7, 11) is -9.01. The number of ether oxygens (including phenoxy) is 2. The molecule has 242 valence electrons. The maximum absolute atomic E-state index is 13.8. The van der Waals surface area contributed by atoms with Crippen molar-refractivity contribution in [1.82, 2.24) is 4.72 Å². The van der Waals surface area contributed by atoms with Crippen molar-refractivity contribution in [1.29, 1.82) is 0 Å². The minimum Gasteiger partial charge on any atom is -0.486 e. The van der Waals surface area contributed by atoms with E-state index in [2.05, 4.69) is 5.32 Å². The van der Waals surface area contributed by atoms with Gasteiger partial charge in [0.15, 0.2) is 0 Å². The molecule has 4 rings (SSSR count). The van der Waals surface area contributed by atoms with Gasteiger partial charge in [-0.3, -0.25) is 14.4 Å². The number of amides is 2. The second-order valence-electron chi connectivity index (χ2n) is 11.1. The Bertz CT molecular complexity index is 1840. The van der Waals surface area contributed by atoms with Crippen LogP contribution in [-0.4, -0.2) is 47.1 Å². The highest BCUT2D eigenvalue weighted by molar-refractivity contribution is 7.92. The lowest BCUT2D eigenvalue weighted by Crippen LogP contribution is -2.46. The molecule has 0 saturated carbocycles. The first-order chi connectivity index (χ1) is 20.8. The molecule has 0 spiro atoms. The number of carbonyl (C=O) groups is 2. The molecule has 0 saturated heterocycles. The maximum Gasteiger partial charge on any atom is 0.416 e. The smallest absolute Gasteiger partial charge is 0.416 e. The molecule has 0 bridgehead atoms. The minimum atomic E-state index is -4.83. The third kappa shape index (κ3) is 8.05. The second kappa shape index (κ2) is 12.2. The second-order valence-corrected chi connectivity index (χ2v) is 14.6. The average molecular weight is 670 g/mol. The van der Waals surface area contributed by atoms with Gasteiger partial charge in [0, 0.05) is 5.69 Å². The van der Waals surface area contributed by atoms with Crippen LogP contribution in [0.25, 0.3) is 0 Å². The fourth-order valence-corrected chi connectivity index (χ4v) is 7.20. The summed E-state index contributed by atoms with van der Waals surface area (Å²) in [6, 6.07) is 13.0. The highest BCUT2D eigenvalue weighted by atomic mass is 32.2. The van der Waals surface area contributed by atoms with Crippen LogP contribution in [0.5, 0.6) is 5.75 Å². The molecule has 0 aromatic heterocycles. The molecule has 3 aromatic carbocycles. The molecule has 2 amide bonds. The Morgan fingerprint density at radius 1 is 0.978 bits per heavy atom. The summed E-state index contributed by atoms with van der Waals surface area (Å²) in [6.45, 7) is 5.87. The molecule has 1 aliphatic heterocycles. The quantitative estimate of drug-likeness (QED) is 0.348. The Kier molecular flexibility index (Phi) is 9.13. The van der Waals surface area contributed by atoms with Crippen molar-refractivity contribution in [2.75, 3.05) is 16.2 Å². The van der Waals surface area contributed by atoms with Crippen LogP contribution in [0.4, 0.5) is 29.3 Å². The molecule has 1 heterocycles. The van der Waals surface area contributed by atoms with Gasteiger partial charge in [-0.15, -0.1) is 0 Å². The van der Waals surface area contributed by atoms with Crippen molar-refractivity contribution < 1.29 is 49.1 Å². The number of anilines is 2. The lowest BCUT2D eigenvalue weighted by atomic mass is 10.1. The fourth-order valence-electron chi connectivity index (χ4n) is 4.42. The number of halogens is 3. The normalized spacial score (nSPS) is 15.4. The highest BCUT2D eigenvalue weighted by Crippen LogP contribution is 2.40. The van der Waals surface area contributed by atoms with Crippen molar-refractivity contribution in [3.05, 3.63) is 77.9 Å². The van der Waals surface area contributed by atoms with Crippen LogP contribution in [0.2, 0.25) is 0 Å². The average Bonchev–Trinajstić information content (AvgIpc) is 2.91. The van der Waals surface area contributed by atoms with Crippen LogP contribution >= 0.6 is 0 Å². The van der Waals surface area contributed by atoms with E-state index in [1.807, 2.05) is 4.72 Å². The largest absolute Gasteiger partial charge is 0.486 e. The van der Waals surface area contributed by atoms with Gasteiger partial charge < -0.3 is 9.47 Å². The summed E-state index contributed by atoms with van der Waals surface area (Å²) < 4.78 is 107. The molecular formula is C29H30F3N3O8S2. The number of hydrogen-bond acceptors (Lipinski definition) is 8. The first-order valence-electron chi connectivity index (χ1n) is 13.4. The van der Waals surface area contributed by atoms with Crippen LogP contribution in [0.15, 0.2) is 76.5 Å². The van der Waals surface area contributed by atoms with Gasteiger partial charge in [-0.25, -0.2) is 26.4 Å². The third-order valence-electron chi connectivity index (χ3n) is 6.33. The zero-order valence-corrected chi connectivity index (χ0v) is 26.1. The summed E-state index contributed by atoms with van der Waals surface area (Å²) in [5, 5.41) is 2.46. The third-order valence-corrected chi connectivity index (χ3v) is 9.64. The lowest BCUT2D eigenvalue weighted by molar-refractivity contribution is -0.137. The zero-order chi connectivity index (χ0) is 33.4. The van der Waals surface area contributed by atoms with E-state index in [-0.39, 0.29) is 22.0 Å². The number of alkyl halides is 3. The van der Waals surface area contributed by atoms with E-state index in [1.54, 1.807) is 39.8 Å². The fraction of sp³-hybridized carbons (Fsp3) is 0.310. The first kappa shape index (κ1) is 33.6. The van der Waals surface area contributed by atoms with E-state index in [0.29, 0.717) is 11.6 Å². The van der Waals surface area contributed by atoms with Gasteiger partial charge in [-0.05, 0) is 75.7 Å². The number of hydrogen-bond donors (Lipinski definition) is 2. The van der Waals surface area contributed by atoms with Gasteiger partial charge in [0.1, 0.15) is 17.5 Å². The molecule has 45 heavy (non-hydrogen) atoms. The van der Waals surface area contributed by atoms with Crippen LogP contribution in [0.3, 0.4) is 0 Å². The van der Waals surface area contributed by atoms with E-state index in [0.717, 1.165) is 22.5 Å². The number of nitrogens with zero attached hydrogens (tertiary/aromatic N) is 1. The van der Waals surface area contributed by atoms with Gasteiger partial charge in [0.05, 0.1) is 34.0 Å². The zero-order valence-electron chi connectivity index (χ0n) is 24.5. The summed E-state index contributed by atoms with van der Waals surface area (Å²) in [4.78, 5) is 24.4. The number of nitrogens with one attached hydrogen (secondary N) is 2. The van der Waals surface area contributed by atoms with Crippen molar-refractivity contribution in [2.24, 2.45) is 0 Å². The van der Waals surface area contributed by atoms with Gasteiger partial charge in [-0.1, -0.05) is 24.3 Å². The first-order valence-corrected chi connectivity index (χ1v) is 16.3. The molecular weight excluding hydrogens is 639 g/mol. The van der Waals surface area contributed by atoms with E-state index >= 15 is 0 Å². The summed E-state index contributed by atoms with van der Waals surface area (Å²) in [6.07, 6.45) is -7.56. The number of fused-ring (bicyclic) bond motifs is 1.